The highest BCUT2D eigenvalue weighted by atomic mass is 32.2. The third-order valence-electron chi connectivity index (χ3n) is 3.94. The number of ether oxygens (including phenoxy) is 1. The van der Waals surface area contributed by atoms with E-state index in [1.807, 2.05) is 61.5 Å². The van der Waals surface area contributed by atoms with E-state index in [0.717, 1.165) is 10.5 Å². The van der Waals surface area contributed by atoms with Crippen molar-refractivity contribution in [3.05, 3.63) is 65.7 Å². The van der Waals surface area contributed by atoms with Gasteiger partial charge in [0.1, 0.15) is 6.04 Å². The van der Waals surface area contributed by atoms with Gasteiger partial charge in [-0.05, 0) is 24.6 Å². The van der Waals surface area contributed by atoms with Crippen LogP contribution in [0.3, 0.4) is 0 Å². The molecule has 0 aromatic heterocycles. The lowest BCUT2D eigenvalue weighted by atomic mass is 10.1. The summed E-state index contributed by atoms with van der Waals surface area (Å²) < 4.78 is 5.04. The fourth-order valence-electron chi connectivity index (χ4n) is 2.50. The number of hydrogen-bond donors (Lipinski definition) is 3. The zero-order valence-electron chi connectivity index (χ0n) is 16.2. The fraction of sp³-hybridized carbons (Fsp3) is 0.286. The van der Waals surface area contributed by atoms with Crippen molar-refractivity contribution < 1.29 is 19.1 Å². The van der Waals surface area contributed by atoms with Crippen LogP contribution in [-0.4, -0.2) is 42.9 Å². The maximum Gasteiger partial charge on any atom is 0.329 e. The van der Waals surface area contributed by atoms with Gasteiger partial charge in [-0.3, -0.25) is 4.79 Å². The fourth-order valence-corrected chi connectivity index (χ4v) is 3.27. The van der Waals surface area contributed by atoms with Crippen LogP contribution in [0.2, 0.25) is 0 Å². The summed E-state index contributed by atoms with van der Waals surface area (Å²) in [5, 5.41) is 5.06. The van der Waals surface area contributed by atoms with Gasteiger partial charge in [-0.25, -0.2) is 9.59 Å². The van der Waals surface area contributed by atoms with E-state index < -0.39 is 30.6 Å². The molecule has 7 nitrogen and oxygen atoms in total. The second-order valence-electron chi connectivity index (χ2n) is 6.37. The Balaban J connectivity index is 1.72. The van der Waals surface area contributed by atoms with Crippen LogP contribution in [0.4, 0.5) is 4.79 Å². The topological polar surface area (TPSA) is 111 Å². The minimum Gasteiger partial charge on any atom is -0.454 e. The Bertz CT molecular complexity index is 812. The zero-order chi connectivity index (χ0) is 21.1. The minimum atomic E-state index is -0.959. The number of rotatable bonds is 10. The Hall–Kier alpha value is -3.00. The zero-order valence-corrected chi connectivity index (χ0v) is 17.0. The van der Waals surface area contributed by atoms with Gasteiger partial charge in [-0.15, -0.1) is 11.8 Å². The number of aryl methyl sites for hydroxylation is 1. The van der Waals surface area contributed by atoms with Crippen LogP contribution >= 0.6 is 11.8 Å². The summed E-state index contributed by atoms with van der Waals surface area (Å²) in [4.78, 5) is 36.4. The van der Waals surface area contributed by atoms with Crippen molar-refractivity contribution >= 4 is 29.7 Å². The second kappa shape index (κ2) is 11.8. The number of primary amides is 1. The van der Waals surface area contributed by atoms with Crippen molar-refractivity contribution in [2.75, 3.05) is 18.9 Å². The van der Waals surface area contributed by atoms with E-state index >= 15 is 0 Å². The molecule has 0 unspecified atom stereocenters. The Morgan fingerprint density at radius 3 is 2.41 bits per heavy atom. The molecule has 0 spiro atoms. The lowest BCUT2D eigenvalue weighted by Crippen LogP contribution is -2.46. The molecule has 29 heavy (non-hydrogen) atoms. The number of nitrogens with two attached hydrogens (primary N) is 1. The summed E-state index contributed by atoms with van der Waals surface area (Å²) in [6.07, 6.45) is 0.220. The van der Waals surface area contributed by atoms with Crippen molar-refractivity contribution in [1.29, 1.82) is 0 Å². The number of hydrogen-bond acceptors (Lipinski definition) is 5. The summed E-state index contributed by atoms with van der Waals surface area (Å²) >= 11 is 1.62. The Morgan fingerprint density at radius 1 is 1.07 bits per heavy atom. The summed E-state index contributed by atoms with van der Waals surface area (Å²) in [6, 6.07) is 15.5. The van der Waals surface area contributed by atoms with E-state index in [0.29, 0.717) is 12.3 Å². The van der Waals surface area contributed by atoms with Crippen LogP contribution in [0.5, 0.6) is 0 Å². The number of nitrogens with one attached hydrogen (secondary N) is 2. The van der Waals surface area contributed by atoms with Gasteiger partial charge < -0.3 is 21.1 Å². The van der Waals surface area contributed by atoms with E-state index in [1.54, 1.807) is 11.8 Å². The van der Waals surface area contributed by atoms with Gasteiger partial charge in [0, 0.05) is 23.6 Å². The summed E-state index contributed by atoms with van der Waals surface area (Å²) in [7, 11) is 0. The summed E-state index contributed by atoms with van der Waals surface area (Å²) in [5.74, 6) is -0.417. The molecule has 0 fully saturated rings. The van der Waals surface area contributed by atoms with Gasteiger partial charge in [0.2, 0.25) is 0 Å². The van der Waals surface area contributed by atoms with E-state index in [9.17, 15) is 14.4 Å². The monoisotopic (exact) mass is 415 g/mol. The largest absolute Gasteiger partial charge is 0.454 e. The first kappa shape index (κ1) is 22.3. The van der Waals surface area contributed by atoms with Crippen molar-refractivity contribution in [2.24, 2.45) is 5.73 Å². The first-order chi connectivity index (χ1) is 13.9. The van der Waals surface area contributed by atoms with E-state index in [4.69, 9.17) is 10.5 Å². The number of benzene rings is 2. The molecule has 154 valence electrons. The van der Waals surface area contributed by atoms with Gasteiger partial charge >= 0.3 is 12.0 Å². The van der Waals surface area contributed by atoms with Crippen LogP contribution in [-0.2, 0) is 20.7 Å². The van der Waals surface area contributed by atoms with Crippen molar-refractivity contribution in [1.82, 2.24) is 10.6 Å². The quantitative estimate of drug-likeness (QED) is 0.312. The molecule has 2 aromatic rings. The Kier molecular flexibility index (Phi) is 9.04. The van der Waals surface area contributed by atoms with Gasteiger partial charge in [-0.1, -0.05) is 48.0 Å². The maximum atomic E-state index is 12.3. The molecule has 8 heteroatoms. The highest BCUT2D eigenvalue weighted by molar-refractivity contribution is 7.99. The maximum absolute atomic E-state index is 12.3. The number of amides is 3. The highest BCUT2D eigenvalue weighted by Gasteiger charge is 2.22. The predicted molar refractivity (Wildman–Crippen MR) is 113 cm³/mol. The Labute approximate surface area is 174 Å². The number of carbonyl (C=O) groups excluding carboxylic acids is 3. The van der Waals surface area contributed by atoms with Crippen LogP contribution in [0, 0.1) is 6.92 Å². The highest BCUT2D eigenvalue weighted by Crippen LogP contribution is 2.17. The van der Waals surface area contributed by atoms with Crippen molar-refractivity contribution in [2.45, 2.75) is 24.3 Å². The van der Waals surface area contributed by atoms with Gasteiger partial charge in [0.15, 0.2) is 6.61 Å². The molecule has 4 N–H and O–H groups in total. The number of esters is 1. The number of urea groups is 1. The summed E-state index contributed by atoms with van der Waals surface area (Å²) in [5.41, 5.74) is 7.17. The standard InChI is InChI=1S/C21H25N3O4S/c1-15-7-9-17(10-8-15)29-12-11-23-19(25)14-28-20(26)18(24-21(22)27)13-16-5-3-2-4-6-16/h2-10,18H,11-14H2,1H3,(H,23,25)(H3,22,24,27)/t18-/m0/s1. The van der Waals surface area contributed by atoms with E-state index in [-0.39, 0.29) is 6.42 Å². The lowest BCUT2D eigenvalue weighted by Gasteiger charge is -2.16. The first-order valence-corrected chi connectivity index (χ1v) is 10.2. The van der Waals surface area contributed by atoms with Gasteiger partial charge in [-0.2, -0.15) is 0 Å². The molecule has 0 aliphatic heterocycles. The molecular weight excluding hydrogens is 390 g/mol. The van der Waals surface area contributed by atoms with Crippen LogP contribution in [0.1, 0.15) is 11.1 Å². The molecule has 0 aliphatic carbocycles. The minimum absolute atomic E-state index is 0.220. The average molecular weight is 416 g/mol. The van der Waals surface area contributed by atoms with E-state index in [2.05, 4.69) is 10.6 Å². The summed E-state index contributed by atoms with van der Waals surface area (Å²) in [6.45, 7) is 2.06. The lowest BCUT2D eigenvalue weighted by molar-refractivity contribution is -0.150. The molecule has 0 radical (unpaired) electrons. The second-order valence-corrected chi connectivity index (χ2v) is 7.54. The van der Waals surface area contributed by atoms with Gasteiger partial charge in [0.25, 0.3) is 5.91 Å². The predicted octanol–water partition coefficient (Wildman–Crippen LogP) is 2.03. The van der Waals surface area contributed by atoms with Crippen molar-refractivity contribution in [3.8, 4) is 0 Å². The third-order valence-corrected chi connectivity index (χ3v) is 4.96. The van der Waals surface area contributed by atoms with E-state index in [1.165, 1.54) is 5.56 Å². The van der Waals surface area contributed by atoms with Crippen LogP contribution in [0.25, 0.3) is 0 Å². The molecule has 3 amide bonds. The molecule has 0 aliphatic rings. The molecule has 0 saturated carbocycles. The van der Waals surface area contributed by atoms with Crippen LogP contribution < -0.4 is 16.4 Å². The first-order valence-electron chi connectivity index (χ1n) is 9.16. The SMILES string of the molecule is Cc1ccc(SCCNC(=O)COC(=O)[C@H](Cc2ccccc2)NC(N)=O)cc1. The number of thioether (sulfide) groups is 1. The average Bonchev–Trinajstić information content (AvgIpc) is 2.70. The smallest absolute Gasteiger partial charge is 0.329 e. The van der Waals surface area contributed by atoms with Gasteiger partial charge in [0.05, 0.1) is 0 Å². The molecule has 2 aromatic carbocycles. The molecule has 2 rings (SSSR count). The van der Waals surface area contributed by atoms with Crippen molar-refractivity contribution in [3.63, 3.8) is 0 Å². The molecular formula is C21H25N3O4S. The number of carbonyl (C=O) groups is 3. The molecule has 1 atom stereocenters. The molecule has 0 saturated heterocycles. The Morgan fingerprint density at radius 2 is 1.76 bits per heavy atom. The third kappa shape index (κ3) is 8.69. The normalized spacial score (nSPS) is 11.3. The molecule has 0 heterocycles. The van der Waals surface area contributed by atoms with Crippen LogP contribution in [0.15, 0.2) is 59.5 Å². The molecule has 0 bridgehead atoms.